The number of benzene rings is 1. The Bertz CT molecular complexity index is 605. The zero-order valence-electron chi connectivity index (χ0n) is 12.7. The van der Waals surface area contributed by atoms with Gasteiger partial charge in [0.15, 0.2) is 5.82 Å². The van der Waals surface area contributed by atoms with Gasteiger partial charge in [0.2, 0.25) is 0 Å². The molecule has 110 valence electrons. The van der Waals surface area contributed by atoms with Gasteiger partial charge in [-0.3, -0.25) is 0 Å². The number of nitrogens with one attached hydrogen (secondary N) is 2. The first-order valence-corrected chi connectivity index (χ1v) is 7.61. The van der Waals surface area contributed by atoms with E-state index < -0.39 is 0 Å². The van der Waals surface area contributed by atoms with E-state index in [2.05, 4.69) is 34.4 Å². The van der Waals surface area contributed by atoms with Gasteiger partial charge in [-0.05, 0) is 25.2 Å². The lowest BCUT2D eigenvalue weighted by Crippen LogP contribution is -2.13. The Morgan fingerprint density at radius 2 is 1.71 bits per heavy atom. The summed E-state index contributed by atoms with van der Waals surface area (Å²) < 4.78 is 0. The number of anilines is 2. The molecule has 1 aromatic carbocycles. The van der Waals surface area contributed by atoms with Crippen LogP contribution in [0.2, 0.25) is 0 Å². The first kappa shape index (κ1) is 13.9. The maximum Gasteiger partial charge on any atom is 0.163 e. The van der Waals surface area contributed by atoms with Gasteiger partial charge in [-0.2, -0.15) is 0 Å². The van der Waals surface area contributed by atoms with E-state index in [-0.39, 0.29) is 0 Å². The second-order valence-corrected chi connectivity index (χ2v) is 6.02. The highest BCUT2D eigenvalue weighted by atomic mass is 15.1. The SMILES string of the molecule is CCNc1cc(NCC2(C)CC2)nc(-c2ccccc2)n1. The number of hydrogen-bond donors (Lipinski definition) is 2. The average Bonchev–Trinajstić information content (AvgIpc) is 3.25. The van der Waals surface area contributed by atoms with Crippen LogP contribution < -0.4 is 10.6 Å². The van der Waals surface area contributed by atoms with Gasteiger partial charge in [0, 0.05) is 24.7 Å². The summed E-state index contributed by atoms with van der Waals surface area (Å²) in [5.74, 6) is 2.53. The van der Waals surface area contributed by atoms with Crippen LogP contribution in [0.3, 0.4) is 0 Å². The van der Waals surface area contributed by atoms with Crippen LogP contribution in [0, 0.1) is 5.41 Å². The summed E-state index contributed by atoms with van der Waals surface area (Å²) in [5.41, 5.74) is 1.49. The number of aromatic nitrogens is 2. The van der Waals surface area contributed by atoms with Crippen LogP contribution in [-0.4, -0.2) is 23.1 Å². The number of hydrogen-bond acceptors (Lipinski definition) is 4. The predicted octanol–water partition coefficient (Wildman–Crippen LogP) is 3.79. The lowest BCUT2D eigenvalue weighted by molar-refractivity contribution is 0.609. The molecule has 2 aromatic rings. The van der Waals surface area contributed by atoms with E-state index in [1.165, 1.54) is 12.8 Å². The summed E-state index contributed by atoms with van der Waals surface area (Å²) in [7, 11) is 0. The molecule has 21 heavy (non-hydrogen) atoms. The van der Waals surface area contributed by atoms with Crippen molar-refractivity contribution in [3.63, 3.8) is 0 Å². The van der Waals surface area contributed by atoms with Crippen molar-refractivity contribution in [3.8, 4) is 11.4 Å². The van der Waals surface area contributed by atoms with Crippen LogP contribution in [0.4, 0.5) is 11.6 Å². The van der Waals surface area contributed by atoms with Crippen molar-refractivity contribution in [1.82, 2.24) is 9.97 Å². The summed E-state index contributed by atoms with van der Waals surface area (Å²) in [6.45, 7) is 6.21. The minimum Gasteiger partial charge on any atom is -0.370 e. The Balaban J connectivity index is 1.86. The van der Waals surface area contributed by atoms with Crippen LogP contribution in [-0.2, 0) is 0 Å². The fraction of sp³-hybridized carbons (Fsp3) is 0.412. The molecule has 1 heterocycles. The molecule has 1 saturated carbocycles. The molecule has 0 bridgehead atoms. The molecular weight excluding hydrogens is 260 g/mol. The third kappa shape index (κ3) is 3.51. The molecule has 1 aliphatic rings. The lowest BCUT2D eigenvalue weighted by atomic mass is 10.1. The number of rotatable bonds is 6. The summed E-state index contributed by atoms with van der Waals surface area (Å²) in [5, 5.41) is 6.74. The normalized spacial score (nSPS) is 15.5. The van der Waals surface area contributed by atoms with Crippen molar-refractivity contribution in [1.29, 1.82) is 0 Å². The van der Waals surface area contributed by atoms with E-state index in [9.17, 15) is 0 Å². The largest absolute Gasteiger partial charge is 0.370 e. The van der Waals surface area contributed by atoms with Gasteiger partial charge < -0.3 is 10.6 Å². The molecule has 1 fully saturated rings. The first-order chi connectivity index (χ1) is 10.2. The highest BCUT2D eigenvalue weighted by molar-refractivity contribution is 5.61. The van der Waals surface area contributed by atoms with Crippen molar-refractivity contribution < 1.29 is 0 Å². The van der Waals surface area contributed by atoms with Crippen LogP contribution >= 0.6 is 0 Å². The smallest absolute Gasteiger partial charge is 0.163 e. The van der Waals surface area contributed by atoms with Gasteiger partial charge in [-0.1, -0.05) is 37.3 Å². The highest BCUT2D eigenvalue weighted by Gasteiger charge is 2.36. The van der Waals surface area contributed by atoms with Gasteiger partial charge in [0.1, 0.15) is 11.6 Å². The van der Waals surface area contributed by atoms with Crippen molar-refractivity contribution in [2.24, 2.45) is 5.41 Å². The molecule has 2 N–H and O–H groups in total. The zero-order valence-corrected chi connectivity index (χ0v) is 12.7. The summed E-state index contributed by atoms with van der Waals surface area (Å²) >= 11 is 0. The highest BCUT2D eigenvalue weighted by Crippen LogP contribution is 2.44. The zero-order chi connectivity index (χ0) is 14.7. The quantitative estimate of drug-likeness (QED) is 0.846. The van der Waals surface area contributed by atoms with E-state index >= 15 is 0 Å². The standard InChI is InChI=1S/C17H22N4/c1-3-18-14-11-15(19-12-17(2)9-10-17)21-16(20-14)13-7-5-4-6-8-13/h4-8,11H,3,9-10,12H2,1-2H3,(H2,18,19,20,21). The molecule has 1 aliphatic carbocycles. The topological polar surface area (TPSA) is 49.8 Å². The first-order valence-electron chi connectivity index (χ1n) is 7.61. The average molecular weight is 282 g/mol. The van der Waals surface area contributed by atoms with Crippen LogP contribution in [0.1, 0.15) is 26.7 Å². The van der Waals surface area contributed by atoms with Crippen LogP contribution in [0.5, 0.6) is 0 Å². The molecule has 1 aromatic heterocycles. The minimum absolute atomic E-state index is 0.455. The second-order valence-electron chi connectivity index (χ2n) is 6.02. The molecule has 0 saturated heterocycles. The van der Waals surface area contributed by atoms with Gasteiger partial charge in [0.05, 0.1) is 0 Å². The van der Waals surface area contributed by atoms with Crippen molar-refractivity contribution in [2.45, 2.75) is 26.7 Å². The number of nitrogens with zero attached hydrogens (tertiary/aromatic N) is 2. The maximum absolute atomic E-state index is 4.65. The molecular formula is C17H22N4. The van der Waals surface area contributed by atoms with Crippen molar-refractivity contribution >= 4 is 11.6 Å². The van der Waals surface area contributed by atoms with Gasteiger partial charge >= 0.3 is 0 Å². The molecule has 0 unspecified atom stereocenters. The third-order valence-electron chi connectivity index (χ3n) is 3.92. The van der Waals surface area contributed by atoms with E-state index in [1.54, 1.807) is 0 Å². The van der Waals surface area contributed by atoms with E-state index in [1.807, 2.05) is 36.4 Å². The Kier molecular flexibility index (Phi) is 3.78. The van der Waals surface area contributed by atoms with Crippen LogP contribution in [0.25, 0.3) is 11.4 Å². The lowest BCUT2D eigenvalue weighted by Gasteiger charge is -2.13. The van der Waals surface area contributed by atoms with Gasteiger partial charge in [0.25, 0.3) is 0 Å². The molecule has 0 radical (unpaired) electrons. The second kappa shape index (κ2) is 5.72. The van der Waals surface area contributed by atoms with Gasteiger partial charge in [-0.15, -0.1) is 0 Å². The Morgan fingerprint density at radius 1 is 1.05 bits per heavy atom. The summed E-state index contributed by atoms with van der Waals surface area (Å²) in [4.78, 5) is 9.25. The van der Waals surface area contributed by atoms with E-state index in [0.717, 1.165) is 36.1 Å². The molecule has 4 nitrogen and oxygen atoms in total. The molecule has 0 aliphatic heterocycles. The van der Waals surface area contributed by atoms with Crippen molar-refractivity contribution in [3.05, 3.63) is 36.4 Å². The van der Waals surface area contributed by atoms with Gasteiger partial charge in [-0.25, -0.2) is 9.97 Å². The fourth-order valence-electron chi connectivity index (χ4n) is 2.22. The molecule has 3 rings (SSSR count). The summed E-state index contributed by atoms with van der Waals surface area (Å²) in [6, 6.07) is 12.1. The van der Waals surface area contributed by atoms with Crippen LogP contribution in [0.15, 0.2) is 36.4 Å². The van der Waals surface area contributed by atoms with Crippen molar-refractivity contribution in [2.75, 3.05) is 23.7 Å². The maximum atomic E-state index is 4.65. The van der Waals surface area contributed by atoms with E-state index in [4.69, 9.17) is 0 Å². The molecule has 4 heteroatoms. The third-order valence-corrected chi connectivity index (χ3v) is 3.92. The minimum atomic E-state index is 0.455. The monoisotopic (exact) mass is 282 g/mol. The Labute approximate surface area is 126 Å². The Morgan fingerprint density at radius 3 is 2.33 bits per heavy atom. The summed E-state index contributed by atoms with van der Waals surface area (Å²) in [6.07, 6.45) is 2.60. The fourth-order valence-corrected chi connectivity index (χ4v) is 2.22. The molecule has 0 spiro atoms. The Hall–Kier alpha value is -2.10. The molecule has 0 amide bonds. The molecule has 0 atom stereocenters. The predicted molar refractivity (Wildman–Crippen MR) is 87.5 cm³/mol. The van der Waals surface area contributed by atoms with E-state index in [0.29, 0.717) is 5.41 Å².